The highest BCUT2D eigenvalue weighted by molar-refractivity contribution is 5.98. The Kier molecular flexibility index (Phi) is 6.15. The van der Waals surface area contributed by atoms with E-state index in [0.717, 1.165) is 12.2 Å². The maximum Gasteiger partial charge on any atom is 0.231 e. The fourth-order valence-electron chi connectivity index (χ4n) is 2.82. The van der Waals surface area contributed by atoms with Gasteiger partial charge in [-0.2, -0.15) is 0 Å². The van der Waals surface area contributed by atoms with E-state index in [-0.39, 0.29) is 0 Å². The quantitative estimate of drug-likeness (QED) is 0.558. The lowest BCUT2D eigenvalue weighted by Crippen LogP contribution is -2.00. The molecule has 1 aliphatic rings. The van der Waals surface area contributed by atoms with Crippen LogP contribution >= 0.6 is 0 Å². The van der Waals surface area contributed by atoms with E-state index in [1.54, 1.807) is 0 Å². The molecule has 0 saturated carbocycles. The zero-order valence-corrected chi connectivity index (χ0v) is 12.9. The SMILES string of the molecule is Cc1cc(C)c2cccc3c2c1C=CC3C.N=C=O.N=C=O. The first kappa shape index (κ1) is 17.3. The van der Waals surface area contributed by atoms with Gasteiger partial charge in [0.15, 0.2) is 0 Å². The van der Waals surface area contributed by atoms with Gasteiger partial charge < -0.3 is 0 Å². The Bertz CT molecular complexity index is 767. The van der Waals surface area contributed by atoms with E-state index in [4.69, 9.17) is 20.4 Å². The number of rotatable bonds is 0. The first-order chi connectivity index (χ1) is 10.5. The lowest BCUT2D eigenvalue weighted by atomic mass is 9.84. The van der Waals surface area contributed by atoms with Gasteiger partial charge in [-0.1, -0.05) is 43.3 Å². The first-order valence-electron chi connectivity index (χ1n) is 6.80. The van der Waals surface area contributed by atoms with Crippen LogP contribution in [-0.4, -0.2) is 12.2 Å². The van der Waals surface area contributed by atoms with Crippen molar-refractivity contribution in [2.75, 3.05) is 0 Å². The van der Waals surface area contributed by atoms with Gasteiger partial charge in [0, 0.05) is 0 Å². The molecule has 22 heavy (non-hydrogen) atoms. The van der Waals surface area contributed by atoms with Gasteiger partial charge in [0.1, 0.15) is 0 Å². The molecule has 2 N–H and O–H groups in total. The van der Waals surface area contributed by atoms with Crippen LogP contribution in [0.1, 0.15) is 35.1 Å². The molecule has 4 nitrogen and oxygen atoms in total. The summed E-state index contributed by atoms with van der Waals surface area (Å²) in [7, 11) is 0. The molecule has 2 aromatic carbocycles. The van der Waals surface area contributed by atoms with Gasteiger partial charge in [0.05, 0.1) is 0 Å². The second-order valence-electron chi connectivity index (χ2n) is 5.05. The molecular weight excluding hydrogens is 276 g/mol. The zero-order chi connectivity index (χ0) is 16.7. The van der Waals surface area contributed by atoms with Gasteiger partial charge in [-0.05, 0) is 52.8 Å². The Labute approximate surface area is 129 Å². The predicted molar refractivity (Wildman–Crippen MR) is 87.7 cm³/mol. The number of hydrogen-bond donors (Lipinski definition) is 2. The Balaban J connectivity index is 0.000000353. The zero-order valence-electron chi connectivity index (χ0n) is 12.9. The molecule has 0 fully saturated rings. The predicted octanol–water partition coefficient (Wildman–Crippen LogP) is 4.39. The number of hydrogen-bond acceptors (Lipinski definition) is 4. The Morgan fingerprint density at radius 1 is 1.05 bits per heavy atom. The third-order valence-corrected chi connectivity index (χ3v) is 3.69. The monoisotopic (exact) mass is 294 g/mol. The summed E-state index contributed by atoms with van der Waals surface area (Å²) in [5.41, 5.74) is 5.66. The molecule has 0 radical (unpaired) electrons. The van der Waals surface area contributed by atoms with Crippen LogP contribution in [0, 0.1) is 24.7 Å². The maximum atomic E-state index is 8.35. The van der Waals surface area contributed by atoms with Gasteiger partial charge in [0.25, 0.3) is 0 Å². The van der Waals surface area contributed by atoms with Crippen molar-refractivity contribution >= 4 is 29.0 Å². The van der Waals surface area contributed by atoms with E-state index in [1.165, 1.54) is 33.0 Å². The summed E-state index contributed by atoms with van der Waals surface area (Å²) in [6.07, 6.45) is 6.09. The van der Waals surface area contributed by atoms with E-state index in [9.17, 15) is 0 Å². The highest BCUT2D eigenvalue weighted by Crippen LogP contribution is 2.37. The van der Waals surface area contributed by atoms with Crippen molar-refractivity contribution in [3.8, 4) is 0 Å². The molecule has 1 unspecified atom stereocenters. The summed E-state index contributed by atoms with van der Waals surface area (Å²) in [6, 6.07) is 8.98. The molecule has 3 rings (SSSR count). The van der Waals surface area contributed by atoms with Gasteiger partial charge >= 0.3 is 0 Å². The fourth-order valence-corrected chi connectivity index (χ4v) is 2.82. The summed E-state index contributed by atoms with van der Waals surface area (Å²) < 4.78 is 0. The van der Waals surface area contributed by atoms with Crippen molar-refractivity contribution in [2.24, 2.45) is 0 Å². The smallest absolute Gasteiger partial charge is 0.222 e. The molecule has 0 bridgehead atoms. The second-order valence-corrected chi connectivity index (χ2v) is 5.05. The molecule has 0 saturated heterocycles. The van der Waals surface area contributed by atoms with E-state index in [0.29, 0.717) is 5.92 Å². The Hall–Kier alpha value is -2.80. The van der Waals surface area contributed by atoms with Crippen LogP contribution in [0.15, 0.2) is 30.3 Å². The molecule has 0 aromatic heterocycles. The van der Waals surface area contributed by atoms with Crippen molar-refractivity contribution in [3.05, 3.63) is 52.6 Å². The molecule has 1 atom stereocenters. The van der Waals surface area contributed by atoms with Crippen LogP contribution < -0.4 is 0 Å². The van der Waals surface area contributed by atoms with Gasteiger partial charge in [-0.25, -0.2) is 20.4 Å². The molecule has 0 amide bonds. The van der Waals surface area contributed by atoms with Crippen LogP contribution in [-0.2, 0) is 9.59 Å². The van der Waals surface area contributed by atoms with Crippen LogP contribution in [0.2, 0.25) is 0 Å². The summed E-state index contributed by atoms with van der Waals surface area (Å²) in [5.74, 6) is 0.539. The van der Waals surface area contributed by atoms with Gasteiger partial charge in [0.2, 0.25) is 12.2 Å². The standard InChI is InChI=1S/C16H16.2CHNO/c1-10-7-8-15-12(3)9-11(2)14-6-4-5-13(10)16(14)15;2*2-1-3/h4-10H,1-3H3;2*2H. The maximum absolute atomic E-state index is 8.35. The van der Waals surface area contributed by atoms with Crippen molar-refractivity contribution in [1.82, 2.24) is 0 Å². The third-order valence-electron chi connectivity index (χ3n) is 3.69. The van der Waals surface area contributed by atoms with Crippen molar-refractivity contribution in [1.29, 1.82) is 10.8 Å². The largest absolute Gasteiger partial charge is 0.231 e. The molecule has 0 spiro atoms. The Morgan fingerprint density at radius 2 is 1.64 bits per heavy atom. The topological polar surface area (TPSA) is 81.8 Å². The summed E-state index contributed by atoms with van der Waals surface area (Å²) >= 11 is 0. The number of benzene rings is 2. The minimum atomic E-state index is 0.539. The molecule has 2 aromatic rings. The van der Waals surface area contributed by atoms with Crippen LogP contribution in [0.25, 0.3) is 16.8 Å². The fraction of sp³-hybridized carbons (Fsp3) is 0.222. The van der Waals surface area contributed by atoms with E-state index in [2.05, 4.69) is 57.2 Å². The highest BCUT2D eigenvalue weighted by atomic mass is 16.1. The molecule has 112 valence electrons. The van der Waals surface area contributed by atoms with E-state index in [1.807, 2.05) is 0 Å². The molecule has 4 heteroatoms. The minimum Gasteiger partial charge on any atom is -0.222 e. The van der Waals surface area contributed by atoms with Crippen LogP contribution in [0.3, 0.4) is 0 Å². The lowest BCUT2D eigenvalue weighted by molar-refractivity contribution is 0.562. The van der Waals surface area contributed by atoms with Crippen molar-refractivity contribution in [2.45, 2.75) is 26.7 Å². The molecule has 1 aliphatic carbocycles. The molecular formula is C18H18N2O2. The lowest BCUT2D eigenvalue weighted by Gasteiger charge is -2.20. The minimum absolute atomic E-state index is 0.539. The highest BCUT2D eigenvalue weighted by Gasteiger charge is 2.16. The first-order valence-corrected chi connectivity index (χ1v) is 6.80. The normalized spacial score (nSPS) is 13.9. The van der Waals surface area contributed by atoms with E-state index < -0.39 is 0 Å². The number of allylic oxidation sites excluding steroid dienone is 1. The van der Waals surface area contributed by atoms with Crippen molar-refractivity contribution < 1.29 is 9.59 Å². The summed E-state index contributed by atoms with van der Waals surface area (Å²) in [6.45, 7) is 6.68. The Morgan fingerprint density at radius 3 is 2.23 bits per heavy atom. The van der Waals surface area contributed by atoms with Crippen molar-refractivity contribution in [3.63, 3.8) is 0 Å². The number of nitrogens with one attached hydrogen (secondary N) is 2. The molecule has 0 heterocycles. The summed E-state index contributed by atoms with van der Waals surface area (Å²) in [4.78, 5) is 16.7. The van der Waals surface area contributed by atoms with Crippen LogP contribution in [0.4, 0.5) is 0 Å². The average Bonchev–Trinajstić information content (AvgIpc) is 2.48. The number of isocyanates is 2. The van der Waals surface area contributed by atoms with Gasteiger partial charge in [-0.15, -0.1) is 0 Å². The van der Waals surface area contributed by atoms with E-state index >= 15 is 0 Å². The van der Waals surface area contributed by atoms with Gasteiger partial charge in [-0.3, -0.25) is 0 Å². The average molecular weight is 294 g/mol. The molecule has 0 aliphatic heterocycles. The third kappa shape index (κ3) is 3.44. The second kappa shape index (κ2) is 7.84. The number of carbonyl (C=O) groups excluding carboxylic acids is 2. The number of aryl methyl sites for hydroxylation is 2. The van der Waals surface area contributed by atoms with Crippen LogP contribution in [0.5, 0.6) is 0 Å². The summed E-state index contributed by atoms with van der Waals surface area (Å²) in [5, 5.41) is 13.7.